The molecule has 0 radical (unpaired) electrons. The quantitative estimate of drug-likeness (QED) is 0.439. The standard InChI is InChI=1S/C22H26N2O6/c1-15(13-25)12-24(20(27)23-4)22(11-10-16-8-6-5-7-9-16)19-18(17(14-26)28-22)29-21(2,3)30-19/h5-9,12-13,17-19,26H,14H2,1-4H3,(H,23,27)/b15-12-/t17-,18-,19-,22-/m1/s1. The zero-order chi connectivity index (χ0) is 21.9. The number of aliphatic hydroxyl groups is 1. The number of hydrogen-bond donors (Lipinski definition) is 2. The number of nitrogens with zero attached hydrogens (tertiary/aromatic N) is 1. The van der Waals surface area contributed by atoms with Crippen LogP contribution in [0.2, 0.25) is 0 Å². The van der Waals surface area contributed by atoms with Gasteiger partial charge in [-0.2, -0.15) is 0 Å². The highest BCUT2D eigenvalue weighted by molar-refractivity contribution is 5.79. The van der Waals surface area contributed by atoms with Crippen molar-refractivity contribution in [3.8, 4) is 11.8 Å². The van der Waals surface area contributed by atoms with Crippen LogP contribution in [0.4, 0.5) is 4.79 Å². The molecule has 0 aromatic heterocycles. The van der Waals surface area contributed by atoms with E-state index in [4.69, 9.17) is 14.2 Å². The summed E-state index contributed by atoms with van der Waals surface area (Å²) in [7, 11) is 1.46. The van der Waals surface area contributed by atoms with Crippen LogP contribution >= 0.6 is 0 Å². The zero-order valence-corrected chi connectivity index (χ0v) is 17.4. The lowest BCUT2D eigenvalue weighted by molar-refractivity contribution is -0.218. The molecule has 1 aromatic carbocycles. The van der Waals surface area contributed by atoms with Crippen LogP contribution in [0.15, 0.2) is 42.1 Å². The molecular weight excluding hydrogens is 388 g/mol. The molecule has 2 aliphatic rings. The van der Waals surface area contributed by atoms with E-state index in [-0.39, 0.29) is 12.2 Å². The second kappa shape index (κ2) is 8.58. The van der Waals surface area contributed by atoms with Crippen LogP contribution in [0.25, 0.3) is 0 Å². The lowest BCUT2D eigenvalue weighted by atomic mass is 10.0. The predicted octanol–water partition coefficient (Wildman–Crippen LogP) is 1.39. The Bertz CT molecular complexity index is 888. The van der Waals surface area contributed by atoms with Crippen LogP contribution in [-0.2, 0) is 19.0 Å². The van der Waals surface area contributed by atoms with E-state index in [9.17, 15) is 14.7 Å². The first-order valence-corrected chi connectivity index (χ1v) is 9.63. The van der Waals surface area contributed by atoms with Crippen molar-refractivity contribution in [3.63, 3.8) is 0 Å². The predicted molar refractivity (Wildman–Crippen MR) is 108 cm³/mol. The van der Waals surface area contributed by atoms with Crippen molar-refractivity contribution in [3.05, 3.63) is 47.7 Å². The topological polar surface area (TPSA) is 97.3 Å². The van der Waals surface area contributed by atoms with Crippen molar-refractivity contribution < 1.29 is 28.9 Å². The number of aldehydes is 1. The summed E-state index contributed by atoms with van der Waals surface area (Å²) in [4.78, 5) is 25.4. The third kappa shape index (κ3) is 4.11. The fourth-order valence-electron chi connectivity index (χ4n) is 3.57. The Morgan fingerprint density at radius 3 is 2.57 bits per heavy atom. The average molecular weight is 414 g/mol. The number of aliphatic hydroxyl groups excluding tert-OH is 1. The van der Waals surface area contributed by atoms with Gasteiger partial charge in [0.2, 0.25) is 5.72 Å². The van der Waals surface area contributed by atoms with Crippen molar-refractivity contribution in [2.24, 2.45) is 0 Å². The van der Waals surface area contributed by atoms with Crippen molar-refractivity contribution in [1.29, 1.82) is 0 Å². The van der Waals surface area contributed by atoms with Gasteiger partial charge < -0.3 is 24.6 Å². The smallest absolute Gasteiger partial charge is 0.324 e. The van der Waals surface area contributed by atoms with Crippen LogP contribution in [0.5, 0.6) is 0 Å². The summed E-state index contributed by atoms with van der Waals surface area (Å²) in [5, 5.41) is 12.5. The molecule has 8 heteroatoms. The minimum absolute atomic E-state index is 0.283. The zero-order valence-electron chi connectivity index (χ0n) is 17.4. The first-order chi connectivity index (χ1) is 14.3. The fraction of sp³-hybridized carbons (Fsp3) is 0.455. The molecule has 0 bridgehead atoms. The maximum absolute atomic E-state index is 12.9. The van der Waals surface area contributed by atoms with E-state index in [0.717, 1.165) is 0 Å². The largest absolute Gasteiger partial charge is 0.394 e. The number of ether oxygens (including phenoxy) is 3. The Morgan fingerprint density at radius 2 is 1.97 bits per heavy atom. The number of nitrogens with one attached hydrogen (secondary N) is 1. The van der Waals surface area contributed by atoms with Gasteiger partial charge in [0.15, 0.2) is 11.9 Å². The third-order valence-corrected chi connectivity index (χ3v) is 4.86. The molecule has 0 saturated carbocycles. The number of benzene rings is 1. The number of urea groups is 1. The van der Waals surface area contributed by atoms with E-state index < -0.39 is 35.9 Å². The summed E-state index contributed by atoms with van der Waals surface area (Å²) in [6.07, 6.45) is -0.281. The Balaban J connectivity index is 2.19. The molecule has 0 spiro atoms. The summed E-state index contributed by atoms with van der Waals surface area (Å²) in [6.45, 7) is 4.69. The van der Waals surface area contributed by atoms with E-state index >= 15 is 0 Å². The summed E-state index contributed by atoms with van der Waals surface area (Å²) in [6, 6.07) is 8.65. The highest BCUT2D eigenvalue weighted by atomic mass is 16.8. The van der Waals surface area contributed by atoms with Crippen molar-refractivity contribution >= 4 is 12.3 Å². The van der Waals surface area contributed by atoms with Gasteiger partial charge in [0.1, 0.15) is 18.5 Å². The first-order valence-electron chi connectivity index (χ1n) is 9.63. The summed E-state index contributed by atoms with van der Waals surface area (Å²) < 4.78 is 18.2. The Kier molecular flexibility index (Phi) is 6.29. The van der Waals surface area contributed by atoms with Crippen molar-refractivity contribution in [2.45, 2.75) is 50.6 Å². The number of carbonyl (C=O) groups is 2. The van der Waals surface area contributed by atoms with E-state index in [1.165, 1.54) is 18.1 Å². The van der Waals surface area contributed by atoms with Gasteiger partial charge in [0.25, 0.3) is 0 Å². The molecule has 0 aliphatic carbocycles. The van der Waals surface area contributed by atoms with Crippen LogP contribution < -0.4 is 5.32 Å². The molecule has 2 amide bonds. The average Bonchev–Trinajstić information content (AvgIpc) is 3.22. The maximum Gasteiger partial charge on any atom is 0.324 e. The fourth-order valence-corrected chi connectivity index (χ4v) is 3.57. The van der Waals surface area contributed by atoms with E-state index in [1.54, 1.807) is 20.8 Å². The molecule has 3 rings (SSSR count). The number of hydrogen-bond acceptors (Lipinski definition) is 6. The third-order valence-electron chi connectivity index (χ3n) is 4.86. The highest BCUT2D eigenvalue weighted by Gasteiger charge is 2.65. The molecule has 2 aliphatic heterocycles. The molecule has 2 fully saturated rings. The van der Waals surface area contributed by atoms with E-state index in [1.807, 2.05) is 30.3 Å². The van der Waals surface area contributed by atoms with Crippen LogP contribution in [0.1, 0.15) is 26.3 Å². The van der Waals surface area contributed by atoms with Gasteiger partial charge >= 0.3 is 6.03 Å². The molecule has 2 saturated heterocycles. The second-order valence-electron chi connectivity index (χ2n) is 7.59. The number of allylic oxidation sites excluding steroid dienone is 1. The SMILES string of the molecule is CNC(=O)N(/C=C(/C)C=O)[C@]1(C#Cc2ccccc2)O[C@H](CO)[C@H]2OC(C)(C)O[C@H]21. The van der Waals surface area contributed by atoms with Crippen LogP contribution in [0, 0.1) is 11.8 Å². The number of amides is 2. The monoisotopic (exact) mass is 414 g/mol. The molecule has 8 nitrogen and oxygen atoms in total. The Morgan fingerprint density at radius 1 is 1.27 bits per heavy atom. The van der Waals surface area contributed by atoms with Crippen LogP contribution in [0.3, 0.4) is 0 Å². The summed E-state index contributed by atoms with van der Waals surface area (Å²) >= 11 is 0. The van der Waals surface area contributed by atoms with E-state index in [2.05, 4.69) is 17.2 Å². The Labute approximate surface area is 175 Å². The van der Waals surface area contributed by atoms with Gasteiger partial charge in [-0.1, -0.05) is 24.1 Å². The molecular formula is C22H26N2O6. The first kappa shape index (κ1) is 22.0. The molecule has 4 atom stereocenters. The minimum atomic E-state index is -1.63. The van der Waals surface area contributed by atoms with Gasteiger partial charge in [-0.15, -0.1) is 0 Å². The number of carbonyl (C=O) groups excluding carboxylic acids is 2. The summed E-state index contributed by atoms with van der Waals surface area (Å²) in [5.74, 6) is 5.11. The van der Waals surface area contributed by atoms with Crippen LogP contribution in [-0.4, -0.2) is 65.8 Å². The van der Waals surface area contributed by atoms with Crippen molar-refractivity contribution in [1.82, 2.24) is 10.2 Å². The molecule has 2 heterocycles. The molecule has 30 heavy (non-hydrogen) atoms. The van der Waals surface area contributed by atoms with Gasteiger partial charge in [-0.3, -0.25) is 9.69 Å². The Hall–Kier alpha value is -2.70. The van der Waals surface area contributed by atoms with Gasteiger partial charge in [0, 0.05) is 24.4 Å². The normalized spacial score (nSPS) is 29.5. The maximum atomic E-state index is 12.9. The second-order valence-corrected chi connectivity index (χ2v) is 7.59. The van der Waals surface area contributed by atoms with E-state index in [0.29, 0.717) is 11.8 Å². The number of fused-ring (bicyclic) bond motifs is 1. The molecule has 160 valence electrons. The number of rotatable bonds is 4. The minimum Gasteiger partial charge on any atom is -0.394 e. The highest BCUT2D eigenvalue weighted by Crippen LogP contribution is 2.46. The summed E-state index contributed by atoms with van der Waals surface area (Å²) in [5.41, 5.74) is -0.646. The van der Waals surface area contributed by atoms with Crippen molar-refractivity contribution in [2.75, 3.05) is 13.7 Å². The van der Waals surface area contributed by atoms with Gasteiger partial charge in [-0.05, 0) is 38.8 Å². The molecule has 2 N–H and O–H groups in total. The van der Waals surface area contributed by atoms with Gasteiger partial charge in [0.05, 0.1) is 6.61 Å². The molecule has 0 unspecified atom stereocenters. The lowest BCUT2D eigenvalue weighted by Gasteiger charge is -2.38. The van der Waals surface area contributed by atoms with Gasteiger partial charge in [-0.25, -0.2) is 4.79 Å². The molecule has 1 aromatic rings. The lowest BCUT2D eigenvalue weighted by Crippen LogP contribution is -2.58.